The molecule has 0 unspecified atom stereocenters. The second-order valence-corrected chi connectivity index (χ2v) is 1.38. The molecule has 66 valence electrons. The molecule has 1 heterocycles. The molecule has 0 bridgehead atoms. The smallest absolute Gasteiger partial charge is 0.332 e. The third-order valence-electron chi connectivity index (χ3n) is 0.711. The summed E-state index contributed by atoms with van der Waals surface area (Å²) in [5.41, 5.74) is 0. The summed E-state index contributed by atoms with van der Waals surface area (Å²) in [5, 5.41) is 6.89. The fourth-order valence-electron chi connectivity index (χ4n) is 0.412. The quantitative estimate of drug-likeness (QED) is 0.367. The van der Waals surface area contributed by atoms with Crippen LogP contribution in [0.3, 0.4) is 0 Å². The van der Waals surface area contributed by atoms with Crippen LogP contribution in [0.5, 0.6) is 0 Å². The molecule has 0 spiro atoms. The highest BCUT2D eigenvalue weighted by molar-refractivity contribution is 5.71. The predicted octanol–water partition coefficient (Wildman–Crippen LogP) is -0.577. The molecule has 6 heteroatoms. The first kappa shape index (κ1) is 12.5. The Morgan fingerprint density at radius 3 is 2.18 bits per heavy atom. The van der Waals surface area contributed by atoms with Crippen LogP contribution in [-0.2, 0) is 19.1 Å². The molecule has 0 aromatic heterocycles. The van der Waals surface area contributed by atoms with E-state index in [2.05, 4.69) is 4.74 Å². The Hall–Kier alpha value is -1.14. The van der Waals surface area contributed by atoms with Crippen LogP contribution in [0.15, 0.2) is 0 Å². The second-order valence-electron chi connectivity index (χ2n) is 1.38. The Bertz CT molecular complexity index is 107. The van der Waals surface area contributed by atoms with Crippen molar-refractivity contribution >= 4 is 12.4 Å². The first-order chi connectivity index (χ1) is 4.81. The standard InChI is InChI=1S/C4H6O3.CH2O2.H3N/c5-4-3-6-1-2-7-4;2-1-3;/h1-3H2;1H,(H,2,3);1H3. The van der Waals surface area contributed by atoms with Gasteiger partial charge in [-0.25, -0.2) is 4.79 Å². The highest BCUT2D eigenvalue weighted by Crippen LogP contribution is 1.88. The summed E-state index contributed by atoms with van der Waals surface area (Å²) in [6.07, 6.45) is 0. The lowest BCUT2D eigenvalue weighted by Gasteiger charge is -2.09. The van der Waals surface area contributed by atoms with Crippen molar-refractivity contribution in [1.29, 1.82) is 0 Å². The number of esters is 1. The normalized spacial score (nSPS) is 14.7. The molecule has 1 saturated heterocycles. The molecule has 1 aliphatic rings. The van der Waals surface area contributed by atoms with Gasteiger partial charge in [0, 0.05) is 0 Å². The molecule has 0 aromatic carbocycles. The van der Waals surface area contributed by atoms with Crippen molar-refractivity contribution in [2.45, 2.75) is 0 Å². The van der Waals surface area contributed by atoms with Crippen LogP contribution in [0.25, 0.3) is 0 Å². The molecule has 1 rings (SSSR count). The van der Waals surface area contributed by atoms with Crippen molar-refractivity contribution in [2.75, 3.05) is 19.8 Å². The average Bonchev–Trinajstić information content (AvgIpc) is 1.91. The summed E-state index contributed by atoms with van der Waals surface area (Å²) in [7, 11) is 0. The van der Waals surface area contributed by atoms with Crippen LogP contribution in [0.4, 0.5) is 0 Å². The zero-order valence-corrected chi connectivity index (χ0v) is 5.99. The van der Waals surface area contributed by atoms with Crippen LogP contribution in [0.1, 0.15) is 0 Å². The molecule has 0 atom stereocenters. The second kappa shape index (κ2) is 8.86. The van der Waals surface area contributed by atoms with Gasteiger partial charge in [0.25, 0.3) is 6.47 Å². The Kier molecular flexibility index (Phi) is 10.1. The number of rotatable bonds is 0. The van der Waals surface area contributed by atoms with Gasteiger partial charge in [-0.2, -0.15) is 0 Å². The summed E-state index contributed by atoms with van der Waals surface area (Å²) >= 11 is 0. The molecule has 4 N–H and O–H groups in total. The van der Waals surface area contributed by atoms with E-state index in [0.717, 1.165) is 0 Å². The number of cyclic esters (lactones) is 1. The van der Waals surface area contributed by atoms with E-state index < -0.39 is 0 Å². The summed E-state index contributed by atoms with van der Waals surface area (Å²) in [6, 6.07) is 0. The SMILES string of the molecule is N.O=C1COCCO1.O=CO. The van der Waals surface area contributed by atoms with Crippen LogP contribution in [0, 0.1) is 0 Å². The summed E-state index contributed by atoms with van der Waals surface area (Å²) < 4.78 is 9.22. The topological polar surface area (TPSA) is 108 Å². The maximum Gasteiger partial charge on any atom is 0.332 e. The monoisotopic (exact) mass is 165 g/mol. The molecule has 0 aliphatic carbocycles. The Morgan fingerprint density at radius 2 is 2.00 bits per heavy atom. The molecule has 11 heavy (non-hydrogen) atoms. The highest BCUT2D eigenvalue weighted by Gasteiger charge is 2.06. The molecule has 1 aliphatic heterocycles. The fraction of sp³-hybridized carbons (Fsp3) is 0.600. The molecule has 1 fully saturated rings. The summed E-state index contributed by atoms with van der Waals surface area (Å²) in [6.45, 7) is 0.838. The maximum atomic E-state index is 10.1. The summed E-state index contributed by atoms with van der Waals surface area (Å²) in [4.78, 5) is 18.5. The predicted molar refractivity (Wildman–Crippen MR) is 35.5 cm³/mol. The first-order valence-electron chi connectivity index (χ1n) is 2.62. The number of carbonyl (C=O) groups excluding carboxylic acids is 1. The minimum atomic E-state index is -0.258. The van der Waals surface area contributed by atoms with Gasteiger partial charge in [0.1, 0.15) is 13.2 Å². The molecule has 0 amide bonds. The van der Waals surface area contributed by atoms with Crippen molar-refractivity contribution in [2.24, 2.45) is 0 Å². The van der Waals surface area contributed by atoms with Crippen molar-refractivity contribution in [3.63, 3.8) is 0 Å². The lowest BCUT2D eigenvalue weighted by atomic mass is 10.6. The maximum absolute atomic E-state index is 10.1. The zero-order valence-electron chi connectivity index (χ0n) is 5.99. The van der Waals surface area contributed by atoms with Crippen molar-refractivity contribution in [3.8, 4) is 0 Å². The first-order valence-corrected chi connectivity index (χ1v) is 2.62. The van der Waals surface area contributed by atoms with E-state index >= 15 is 0 Å². The van der Waals surface area contributed by atoms with Gasteiger partial charge in [-0.1, -0.05) is 0 Å². The van der Waals surface area contributed by atoms with Crippen molar-refractivity contribution < 1.29 is 24.2 Å². The van der Waals surface area contributed by atoms with Gasteiger partial charge >= 0.3 is 5.97 Å². The molecular formula is C5H11NO5. The van der Waals surface area contributed by atoms with Crippen LogP contribution in [-0.4, -0.2) is 37.4 Å². The Morgan fingerprint density at radius 1 is 1.45 bits per heavy atom. The van der Waals surface area contributed by atoms with E-state index in [0.29, 0.717) is 13.2 Å². The minimum Gasteiger partial charge on any atom is -0.483 e. The lowest BCUT2D eigenvalue weighted by molar-refractivity contribution is -0.159. The van der Waals surface area contributed by atoms with Crippen LogP contribution >= 0.6 is 0 Å². The van der Waals surface area contributed by atoms with Crippen LogP contribution in [0.2, 0.25) is 0 Å². The number of ether oxygens (including phenoxy) is 2. The molecule has 6 nitrogen and oxygen atoms in total. The fourth-order valence-corrected chi connectivity index (χ4v) is 0.412. The molecule has 0 aromatic rings. The third kappa shape index (κ3) is 8.86. The van der Waals surface area contributed by atoms with Crippen molar-refractivity contribution in [1.82, 2.24) is 6.15 Å². The largest absolute Gasteiger partial charge is 0.483 e. The molecule has 0 saturated carbocycles. The van der Waals surface area contributed by atoms with E-state index in [1.807, 2.05) is 0 Å². The van der Waals surface area contributed by atoms with E-state index in [4.69, 9.17) is 14.6 Å². The van der Waals surface area contributed by atoms with Gasteiger partial charge < -0.3 is 20.7 Å². The van der Waals surface area contributed by atoms with Crippen molar-refractivity contribution in [3.05, 3.63) is 0 Å². The van der Waals surface area contributed by atoms with Gasteiger partial charge in [-0.15, -0.1) is 0 Å². The molecular weight excluding hydrogens is 154 g/mol. The number of hydrogen-bond donors (Lipinski definition) is 2. The van der Waals surface area contributed by atoms with Gasteiger partial charge in [-0.05, 0) is 0 Å². The third-order valence-corrected chi connectivity index (χ3v) is 0.711. The lowest BCUT2D eigenvalue weighted by Crippen LogP contribution is -2.22. The van der Waals surface area contributed by atoms with Gasteiger partial charge in [0.15, 0.2) is 0 Å². The van der Waals surface area contributed by atoms with Gasteiger partial charge in [0.05, 0.1) is 6.61 Å². The number of carboxylic acid groups (broad SMARTS) is 1. The van der Waals surface area contributed by atoms with E-state index in [1.165, 1.54) is 0 Å². The Labute approximate surface area is 63.7 Å². The van der Waals surface area contributed by atoms with Gasteiger partial charge in [0.2, 0.25) is 0 Å². The van der Waals surface area contributed by atoms with Gasteiger partial charge in [-0.3, -0.25) is 4.79 Å². The Balaban J connectivity index is 0. The summed E-state index contributed by atoms with van der Waals surface area (Å²) in [5.74, 6) is -0.258. The highest BCUT2D eigenvalue weighted by atomic mass is 16.6. The minimum absolute atomic E-state index is 0. The van der Waals surface area contributed by atoms with Crippen LogP contribution < -0.4 is 6.15 Å². The number of hydrogen-bond acceptors (Lipinski definition) is 5. The van der Waals surface area contributed by atoms with E-state index in [9.17, 15) is 4.79 Å². The zero-order chi connectivity index (χ0) is 7.82. The van der Waals surface area contributed by atoms with E-state index in [-0.39, 0.29) is 25.2 Å². The average molecular weight is 165 g/mol. The number of carbonyl (C=O) groups is 2. The molecule has 0 radical (unpaired) electrons. The van der Waals surface area contributed by atoms with E-state index in [1.54, 1.807) is 0 Å².